The first-order valence-electron chi connectivity index (χ1n) is 8.76. The zero-order chi connectivity index (χ0) is 19.2. The van der Waals surface area contributed by atoms with E-state index < -0.39 is 0 Å². The highest BCUT2D eigenvalue weighted by molar-refractivity contribution is 5.54. The lowest BCUT2D eigenvalue weighted by Crippen LogP contribution is -2.20. The van der Waals surface area contributed by atoms with Crippen LogP contribution < -0.4 is 4.90 Å². The Morgan fingerprint density at radius 1 is 0.917 bits per heavy atom. The molecule has 0 aliphatic heterocycles. The average Bonchev–Trinajstić information content (AvgIpc) is 2.67. The van der Waals surface area contributed by atoms with Gasteiger partial charge in [0, 0.05) is 17.9 Å². The van der Waals surface area contributed by atoms with Gasteiger partial charge in [-0.05, 0) is 38.1 Å². The van der Waals surface area contributed by atoms with Crippen LogP contribution in [-0.4, -0.2) is 6.54 Å². The summed E-state index contributed by atoms with van der Waals surface area (Å²) < 4.78 is 0. The number of rotatable bonds is 6. The van der Waals surface area contributed by atoms with Crippen molar-refractivity contribution in [3.8, 4) is 0 Å². The second kappa shape index (κ2) is 23.0. The van der Waals surface area contributed by atoms with E-state index in [1.807, 2.05) is 58.9 Å². The number of likely N-dealkylation sites (N-methyl/N-ethyl adjacent to an activating group) is 1. The molecule has 0 aliphatic rings. The van der Waals surface area contributed by atoms with Crippen molar-refractivity contribution in [2.45, 2.75) is 41.5 Å². The first-order chi connectivity index (χ1) is 11.7. The Kier molecular flexibility index (Phi) is 25.5. The predicted molar refractivity (Wildman–Crippen MR) is 116 cm³/mol. The zero-order valence-electron chi connectivity index (χ0n) is 16.6. The lowest BCUT2D eigenvalue weighted by molar-refractivity contribution is 0.978. The molecule has 0 saturated carbocycles. The highest BCUT2D eigenvalue weighted by Gasteiger charge is 2.05. The number of hydrogen-bond acceptors (Lipinski definition) is 1. The highest BCUT2D eigenvalue weighted by atomic mass is 15.1. The van der Waals surface area contributed by atoms with Crippen LogP contribution in [0, 0.1) is 0 Å². The second-order valence-corrected chi connectivity index (χ2v) is 3.88. The van der Waals surface area contributed by atoms with Crippen molar-refractivity contribution in [1.82, 2.24) is 0 Å². The molecule has 24 heavy (non-hydrogen) atoms. The van der Waals surface area contributed by atoms with Crippen LogP contribution in [0.3, 0.4) is 0 Å². The van der Waals surface area contributed by atoms with Crippen molar-refractivity contribution in [3.63, 3.8) is 0 Å². The van der Waals surface area contributed by atoms with Crippen LogP contribution in [0.25, 0.3) is 0 Å². The number of nitrogens with zero attached hydrogens (tertiary/aromatic N) is 1. The standard InChI is InChI=1S/C15H19N.C4H6.2C2H6/c1-4-10-14(11-5-2)16(6-3)15-12-8-7-9-13-15;1-3-4-2;2*1-2/h4-5,7-13H,1,6H2,2-3H3;3-4H,1-2H2;2*1-2H3/b11-5-,14-10+;;;. The maximum absolute atomic E-state index is 3.76. The smallest absolute Gasteiger partial charge is 0.0410 e. The topological polar surface area (TPSA) is 3.24 Å². The molecule has 1 aromatic rings. The van der Waals surface area contributed by atoms with Gasteiger partial charge < -0.3 is 4.90 Å². The molecule has 0 aromatic heterocycles. The van der Waals surface area contributed by atoms with Crippen molar-refractivity contribution in [2.75, 3.05) is 11.4 Å². The molecule has 1 rings (SSSR count). The molecule has 0 radical (unpaired) electrons. The molecular weight excluding hydrogens is 290 g/mol. The quantitative estimate of drug-likeness (QED) is 0.487. The molecule has 1 nitrogen and oxygen atoms in total. The first kappa shape index (κ1) is 26.6. The molecule has 0 atom stereocenters. The molecule has 0 amide bonds. The summed E-state index contributed by atoms with van der Waals surface area (Å²) in [6, 6.07) is 10.4. The zero-order valence-corrected chi connectivity index (χ0v) is 16.6. The number of para-hydroxylation sites is 1. The van der Waals surface area contributed by atoms with Gasteiger partial charge in [0.2, 0.25) is 0 Å². The molecule has 0 spiro atoms. The van der Waals surface area contributed by atoms with Gasteiger partial charge in [0.25, 0.3) is 0 Å². The minimum Gasteiger partial charge on any atom is -0.342 e. The van der Waals surface area contributed by atoms with E-state index in [1.165, 1.54) is 5.69 Å². The largest absolute Gasteiger partial charge is 0.342 e. The lowest BCUT2D eigenvalue weighted by atomic mass is 10.2. The highest BCUT2D eigenvalue weighted by Crippen LogP contribution is 2.19. The van der Waals surface area contributed by atoms with E-state index >= 15 is 0 Å². The fourth-order valence-corrected chi connectivity index (χ4v) is 1.65. The molecule has 0 heterocycles. The molecule has 1 heteroatoms. The minimum absolute atomic E-state index is 0.939. The van der Waals surface area contributed by atoms with E-state index in [9.17, 15) is 0 Å². The Hall–Kier alpha value is -2.28. The summed E-state index contributed by atoms with van der Waals surface area (Å²) in [5.41, 5.74) is 2.36. The van der Waals surface area contributed by atoms with E-state index in [2.05, 4.69) is 61.9 Å². The summed E-state index contributed by atoms with van der Waals surface area (Å²) >= 11 is 0. The average molecular weight is 328 g/mol. The van der Waals surface area contributed by atoms with Crippen molar-refractivity contribution in [2.24, 2.45) is 0 Å². The first-order valence-corrected chi connectivity index (χ1v) is 8.76. The summed E-state index contributed by atoms with van der Waals surface area (Å²) in [6.07, 6.45) is 11.3. The Balaban J connectivity index is -0.000000471. The minimum atomic E-state index is 0.939. The van der Waals surface area contributed by atoms with Crippen molar-refractivity contribution in [3.05, 3.63) is 92.2 Å². The van der Waals surface area contributed by atoms with Crippen LogP contribution in [0.1, 0.15) is 41.5 Å². The monoisotopic (exact) mass is 327 g/mol. The van der Waals surface area contributed by atoms with Crippen molar-refractivity contribution in [1.29, 1.82) is 0 Å². The van der Waals surface area contributed by atoms with Gasteiger partial charge in [-0.15, -0.1) is 0 Å². The van der Waals surface area contributed by atoms with Crippen LogP contribution in [0.15, 0.2) is 92.2 Å². The van der Waals surface area contributed by atoms with Gasteiger partial charge in [-0.25, -0.2) is 0 Å². The third kappa shape index (κ3) is 13.4. The molecule has 0 N–H and O–H groups in total. The van der Waals surface area contributed by atoms with E-state index in [1.54, 1.807) is 12.2 Å². The molecule has 0 unspecified atom stereocenters. The van der Waals surface area contributed by atoms with Gasteiger partial charge >= 0.3 is 0 Å². The third-order valence-corrected chi connectivity index (χ3v) is 2.49. The van der Waals surface area contributed by atoms with Crippen LogP contribution in [0.5, 0.6) is 0 Å². The maximum atomic E-state index is 3.76. The van der Waals surface area contributed by atoms with E-state index in [0.717, 1.165) is 12.2 Å². The number of anilines is 1. The molecule has 1 aromatic carbocycles. The van der Waals surface area contributed by atoms with Gasteiger partial charge in [0.05, 0.1) is 0 Å². The van der Waals surface area contributed by atoms with Gasteiger partial charge in [-0.2, -0.15) is 0 Å². The van der Waals surface area contributed by atoms with Crippen LogP contribution in [0.4, 0.5) is 5.69 Å². The predicted octanol–water partition coefficient (Wildman–Crippen LogP) is 7.57. The van der Waals surface area contributed by atoms with Gasteiger partial charge in [0.1, 0.15) is 0 Å². The SMILES string of the molecule is C=C/C=C(\C=C/C)N(CC)c1ccccc1.C=CC=C.CC.CC. The fraction of sp³-hybridized carbons (Fsp3) is 0.304. The van der Waals surface area contributed by atoms with Crippen LogP contribution >= 0.6 is 0 Å². The number of allylic oxidation sites excluding steroid dienone is 6. The van der Waals surface area contributed by atoms with Crippen molar-refractivity contribution >= 4 is 5.69 Å². The molecule has 0 saturated heterocycles. The van der Waals surface area contributed by atoms with Crippen LogP contribution in [-0.2, 0) is 0 Å². The van der Waals surface area contributed by atoms with Gasteiger partial charge in [0.15, 0.2) is 0 Å². The number of benzene rings is 1. The Morgan fingerprint density at radius 2 is 1.42 bits per heavy atom. The third-order valence-electron chi connectivity index (χ3n) is 2.49. The van der Waals surface area contributed by atoms with Gasteiger partial charge in [-0.3, -0.25) is 0 Å². The Morgan fingerprint density at radius 3 is 1.75 bits per heavy atom. The summed E-state index contributed by atoms with van der Waals surface area (Å²) in [6.45, 7) is 23.6. The second-order valence-electron chi connectivity index (χ2n) is 3.88. The van der Waals surface area contributed by atoms with E-state index in [-0.39, 0.29) is 0 Å². The summed E-state index contributed by atoms with van der Waals surface area (Å²) in [7, 11) is 0. The Bertz CT molecular complexity index is 446. The van der Waals surface area contributed by atoms with Gasteiger partial charge in [-0.1, -0.05) is 89.9 Å². The lowest BCUT2D eigenvalue weighted by Gasteiger charge is -2.24. The molecule has 0 bridgehead atoms. The molecular formula is C23H37N. The van der Waals surface area contributed by atoms with E-state index in [4.69, 9.17) is 0 Å². The normalized spacial score (nSPS) is 9.17. The van der Waals surface area contributed by atoms with E-state index in [0.29, 0.717) is 0 Å². The summed E-state index contributed by atoms with van der Waals surface area (Å²) in [5.74, 6) is 0. The van der Waals surface area contributed by atoms with Crippen LogP contribution in [0.2, 0.25) is 0 Å². The molecule has 0 fully saturated rings. The number of hydrogen-bond donors (Lipinski definition) is 0. The summed E-state index contributed by atoms with van der Waals surface area (Å²) in [5, 5.41) is 0. The maximum Gasteiger partial charge on any atom is 0.0410 e. The molecule has 134 valence electrons. The molecule has 0 aliphatic carbocycles. The van der Waals surface area contributed by atoms with Crippen molar-refractivity contribution < 1.29 is 0 Å². The Labute approximate surface area is 151 Å². The summed E-state index contributed by atoms with van der Waals surface area (Å²) in [4.78, 5) is 2.25. The fourth-order valence-electron chi connectivity index (χ4n) is 1.65.